The second-order valence-corrected chi connectivity index (χ2v) is 13.8. The molecule has 3 aliphatic rings. The van der Waals surface area contributed by atoms with Crippen LogP contribution in [0.15, 0.2) is 30.6 Å². The summed E-state index contributed by atoms with van der Waals surface area (Å²) < 4.78 is 11.7. The highest BCUT2D eigenvalue weighted by Crippen LogP contribution is 2.55. The number of rotatable bonds is 8. The molecule has 3 heterocycles. The van der Waals surface area contributed by atoms with Crippen LogP contribution in [0.2, 0.25) is 0 Å². The van der Waals surface area contributed by atoms with Gasteiger partial charge in [0.2, 0.25) is 5.95 Å². The van der Waals surface area contributed by atoms with Crippen LogP contribution in [-0.2, 0) is 0 Å². The summed E-state index contributed by atoms with van der Waals surface area (Å²) in [7, 11) is 1.53. The number of hydrogen-bond donors (Lipinski definition) is 2. The Kier molecular flexibility index (Phi) is 8.87. The molecule has 2 atom stereocenters. The summed E-state index contributed by atoms with van der Waals surface area (Å²) in [6.45, 7) is 15.5. The van der Waals surface area contributed by atoms with E-state index < -0.39 is 0 Å². The van der Waals surface area contributed by atoms with Crippen molar-refractivity contribution in [3.05, 3.63) is 41.7 Å². The highest BCUT2D eigenvalue weighted by atomic mass is 16.5. The first-order valence-electron chi connectivity index (χ1n) is 15.5. The molecule has 0 radical (unpaired) electrons. The first-order valence-corrected chi connectivity index (χ1v) is 15.5. The summed E-state index contributed by atoms with van der Waals surface area (Å²) in [6.07, 6.45) is 5.77. The Morgan fingerprint density at radius 3 is 2.40 bits per heavy atom. The summed E-state index contributed by atoms with van der Waals surface area (Å²) in [5.41, 5.74) is 0.187. The van der Waals surface area contributed by atoms with Crippen LogP contribution in [0.25, 0.3) is 0 Å². The molecule has 43 heavy (non-hydrogen) atoms. The third kappa shape index (κ3) is 6.29. The van der Waals surface area contributed by atoms with Crippen LogP contribution in [0.4, 0.5) is 5.95 Å². The smallest absolute Gasteiger partial charge is 0.254 e. The fourth-order valence-electron chi connectivity index (χ4n) is 7.67. The number of likely N-dealkylation sites (tertiary alicyclic amines) is 1. The lowest BCUT2D eigenvalue weighted by Crippen LogP contribution is -2.74. The molecule has 2 N–H and O–H groups in total. The van der Waals surface area contributed by atoms with Gasteiger partial charge in [-0.1, -0.05) is 34.6 Å². The van der Waals surface area contributed by atoms with Gasteiger partial charge in [0.05, 0.1) is 24.3 Å². The molecule has 1 saturated carbocycles. The zero-order valence-electron chi connectivity index (χ0n) is 26.3. The molecule has 232 valence electrons. The van der Waals surface area contributed by atoms with Crippen LogP contribution in [0.1, 0.15) is 69.8 Å². The normalized spacial score (nSPS) is 27.1. The SMILES string of the molecule is COc1cc(OC2C(C)(C)C(NC(=O)c3cnc(N4CC[C@H](CN5CCC(O)CC5)[C@H](C)C4)nc3)C2(C)C)ccc1C#N. The number of methoxy groups -OCH3 is 1. The van der Waals surface area contributed by atoms with Gasteiger partial charge in [-0.2, -0.15) is 5.26 Å². The number of hydrogen-bond acceptors (Lipinski definition) is 9. The molecule has 5 rings (SSSR count). The molecule has 1 aliphatic carbocycles. The highest BCUT2D eigenvalue weighted by molar-refractivity contribution is 5.94. The predicted molar refractivity (Wildman–Crippen MR) is 164 cm³/mol. The maximum atomic E-state index is 13.3. The van der Waals surface area contributed by atoms with Gasteiger partial charge in [0.15, 0.2) is 0 Å². The molecule has 0 spiro atoms. The van der Waals surface area contributed by atoms with E-state index in [0.29, 0.717) is 40.4 Å². The van der Waals surface area contributed by atoms with Gasteiger partial charge in [0, 0.05) is 68.1 Å². The van der Waals surface area contributed by atoms with E-state index in [-0.39, 0.29) is 35.0 Å². The predicted octanol–water partition coefficient (Wildman–Crippen LogP) is 3.89. The fraction of sp³-hybridized carbons (Fsp3) is 0.636. The number of amides is 1. The summed E-state index contributed by atoms with van der Waals surface area (Å²) in [6, 6.07) is 7.20. The van der Waals surface area contributed by atoms with Crippen molar-refractivity contribution in [2.75, 3.05) is 44.7 Å². The monoisotopic (exact) mass is 590 g/mol. The van der Waals surface area contributed by atoms with Crippen molar-refractivity contribution in [3.8, 4) is 17.6 Å². The van der Waals surface area contributed by atoms with Crippen molar-refractivity contribution >= 4 is 11.9 Å². The maximum absolute atomic E-state index is 13.3. The number of aromatic nitrogens is 2. The van der Waals surface area contributed by atoms with Crippen LogP contribution >= 0.6 is 0 Å². The first kappa shape index (κ1) is 31.0. The summed E-state index contributed by atoms with van der Waals surface area (Å²) in [4.78, 5) is 27.2. The van der Waals surface area contributed by atoms with E-state index in [0.717, 1.165) is 52.0 Å². The molecule has 0 unspecified atom stereocenters. The number of nitriles is 1. The van der Waals surface area contributed by atoms with E-state index in [1.807, 2.05) is 0 Å². The Bertz CT molecular complexity index is 1320. The zero-order valence-corrected chi connectivity index (χ0v) is 26.3. The van der Waals surface area contributed by atoms with Crippen molar-refractivity contribution in [1.82, 2.24) is 20.2 Å². The lowest BCUT2D eigenvalue weighted by molar-refractivity contribution is -0.164. The van der Waals surface area contributed by atoms with Crippen molar-refractivity contribution in [3.63, 3.8) is 0 Å². The average molecular weight is 591 g/mol. The van der Waals surface area contributed by atoms with Crippen LogP contribution in [0.3, 0.4) is 0 Å². The number of nitrogens with one attached hydrogen (secondary N) is 1. The standard InChI is InChI=1S/C33H46N6O4/c1-21-19-39(14-9-23(21)20-38-12-10-25(40)11-13-38)31-35-17-24(18-36-31)28(41)37-29-32(2,3)30(33(29,4)5)43-26-8-7-22(16-34)27(15-26)42-6/h7-8,15,17-18,21,23,25,29-30,40H,9-14,19-20H2,1-6H3,(H,37,41)/t21-,23-,29?,30?/m1/s1. The largest absolute Gasteiger partial charge is 0.495 e. The molecule has 2 saturated heterocycles. The molecule has 1 amide bonds. The topological polar surface area (TPSA) is 124 Å². The minimum Gasteiger partial charge on any atom is -0.495 e. The number of aliphatic hydroxyl groups excluding tert-OH is 1. The number of piperidine rings is 2. The number of aliphatic hydroxyl groups is 1. The van der Waals surface area contributed by atoms with Gasteiger partial charge >= 0.3 is 0 Å². The van der Waals surface area contributed by atoms with E-state index in [9.17, 15) is 15.2 Å². The summed E-state index contributed by atoms with van der Waals surface area (Å²) in [5, 5.41) is 22.3. The quantitative estimate of drug-likeness (QED) is 0.471. The van der Waals surface area contributed by atoms with Gasteiger partial charge in [-0.25, -0.2) is 9.97 Å². The summed E-state index contributed by atoms with van der Waals surface area (Å²) in [5.74, 6) is 2.70. The van der Waals surface area contributed by atoms with Crippen LogP contribution in [-0.4, -0.2) is 84.0 Å². The molecule has 2 aromatic rings. The molecule has 1 aromatic heterocycles. The molecule has 0 bridgehead atoms. The fourth-order valence-corrected chi connectivity index (χ4v) is 7.67. The van der Waals surface area contributed by atoms with Crippen LogP contribution in [0, 0.1) is 34.0 Å². The third-order valence-electron chi connectivity index (χ3n) is 9.98. The Morgan fingerprint density at radius 2 is 1.79 bits per heavy atom. The molecule has 10 heteroatoms. The second kappa shape index (κ2) is 12.3. The van der Waals surface area contributed by atoms with E-state index in [1.54, 1.807) is 30.6 Å². The zero-order chi connectivity index (χ0) is 30.9. The van der Waals surface area contributed by atoms with E-state index in [1.165, 1.54) is 7.11 Å². The molecular weight excluding hydrogens is 544 g/mol. The van der Waals surface area contributed by atoms with Gasteiger partial charge in [-0.3, -0.25) is 4.79 Å². The number of carbonyl (C=O) groups is 1. The Balaban J connectivity index is 1.16. The third-order valence-corrected chi connectivity index (χ3v) is 9.98. The van der Waals surface area contributed by atoms with Crippen molar-refractivity contribution in [2.45, 2.75) is 72.1 Å². The molecule has 3 fully saturated rings. The Morgan fingerprint density at radius 1 is 1.12 bits per heavy atom. The molecule has 10 nitrogen and oxygen atoms in total. The lowest BCUT2D eigenvalue weighted by Gasteiger charge is -2.63. The van der Waals surface area contributed by atoms with Gasteiger partial charge in [0.1, 0.15) is 23.7 Å². The maximum Gasteiger partial charge on any atom is 0.254 e. The van der Waals surface area contributed by atoms with E-state index in [4.69, 9.17) is 9.47 Å². The summed E-state index contributed by atoms with van der Waals surface area (Å²) >= 11 is 0. The number of carbonyl (C=O) groups excluding carboxylic acids is 1. The molecule has 2 aliphatic heterocycles. The Hall–Kier alpha value is -3.42. The number of nitrogens with zero attached hydrogens (tertiary/aromatic N) is 5. The van der Waals surface area contributed by atoms with Crippen molar-refractivity contribution in [1.29, 1.82) is 5.26 Å². The minimum absolute atomic E-state index is 0.138. The van der Waals surface area contributed by atoms with E-state index >= 15 is 0 Å². The van der Waals surface area contributed by atoms with Crippen LogP contribution < -0.4 is 19.7 Å². The lowest BCUT2D eigenvalue weighted by atomic mass is 9.49. The van der Waals surface area contributed by atoms with Crippen LogP contribution in [0.5, 0.6) is 11.5 Å². The van der Waals surface area contributed by atoms with Gasteiger partial charge in [-0.15, -0.1) is 0 Å². The Labute approximate surface area is 255 Å². The van der Waals surface area contributed by atoms with Crippen molar-refractivity contribution in [2.24, 2.45) is 22.7 Å². The number of anilines is 1. The molecule has 1 aromatic carbocycles. The number of ether oxygens (including phenoxy) is 2. The van der Waals surface area contributed by atoms with Crippen molar-refractivity contribution < 1.29 is 19.4 Å². The van der Waals surface area contributed by atoms with E-state index in [2.05, 4.69) is 65.8 Å². The molecular formula is C33H46N6O4. The minimum atomic E-state index is -0.352. The van der Waals surface area contributed by atoms with Gasteiger partial charge < -0.3 is 29.7 Å². The highest BCUT2D eigenvalue weighted by Gasteiger charge is 2.64. The van der Waals surface area contributed by atoms with Gasteiger partial charge in [-0.05, 0) is 43.2 Å². The average Bonchev–Trinajstić information content (AvgIpc) is 3.00. The first-order chi connectivity index (χ1) is 20.4. The van der Waals surface area contributed by atoms with Gasteiger partial charge in [0.25, 0.3) is 5.91 Å². The number of benzene rings is 1. The second-order valence-electron chi connectivity index (χ2n) is 13.8.